The van der Waals surface area contributed by atoms with Crippen LogP contribution in [0.1, 0.15) is 54.2 Å². The maximum Gasteiger partial charge on any atom is 0.253 e. The Morgan fingerprint density at radius 1 is 0.774 bits per heavy atom. The van der Waals surface area contributed by atoms with Crippen molar-refractivity contribution in [1.82, 2.24) is 5.32 Å². The Kier molecular flexibility index (Phi) is 7.24. The van der Waals surface area contributed by atoms with Crippen molar-refractivity contribution in [2.75, 3.05) is 5.32 Å². The first-order valence-corrected chi connectivity index (χ1v) is 10.6. The first-order chi connectivity index (χ1) is 14.8. The van der Waals surface area contributed by atoms with E-state index in [2.05, 4.69) is 55.7 Å². The lowest BCUT2D eigenvalue weighted by Crippen LogP contribution is -2.24. The molecule has 0 fully saturated rings. The zero-order chi connectivity index (χ0) is 22.3. The van der Waals surface area contributed by atoms with E-state index in [1.165, 1.54) is 5.56 Å². The van der Waals surface area contributed by atoms with Gasteiger partial charge in [-0.1, -0.05) is 87.5 Å². The summed E-state index contributed by atoms with van der Waals surface area (Å²) in [6.45, 7) is 6.99. The fraction of sp³-hybridized carbons (Fsp3) is 0.259. The van der Waals surface area contributed by atoms with E-state index in [4.69, 9.17) is 0 Å². The monoisotopic (exact) mass is 414 g/mol. The summed E-state index contributed by atoms with van der Waals surface area (Å²) in [4.78, 5) is 25.2. The Morgan fingerprint density at radius 3 is 2.10 bits per heavy atom. The molecule has 0 atom stereocenters. The average Bonchev–Trinajstić information content (AvgIpc) is 2.77. The quantitative estimate of drug-likeness (QED) is 0.537. The van der Waals surface area contributed by atoms with Crippen molar-refractivity contribution in [3.8, 4) is 0 Å². The fourth-order valence-corrected chi connectivity index (χ4v) is 3.31. The maximum atomic E-state index is 12.7. The van der Waals surface area contributed by atoms with Crippen molar-refractivity contribution < 1.29 is 9.59 Å². The van der Waals surface area contributed by atoms with Crippen LogP contribution in [0.15, 0.2) is 78.9 Å². The Bertz CT molecular complexity index is 1020. The smallest absolute Gasteiger partial charge is 0.253 e. The molecule has 4 heteroatoms. The van der Waals surface area contributed by atoms with Crippen LogP contribution in [0.4, 0.5) is 5.69 Å². The second-order valence-corrected chi connectivity index (χ2v) is 8.71. The molecule has 3 aromatic carbocycles. The van der Waals surface area contributed by atoms with Gasteiger partial charge in [-0.3, -0.25) is 9.59 Å². The van der Waals surface area contributed by atoms with Gasteiger partial charge in [-0.25, -0.2) is 0 Å². The van der Waals surface area contributed by atoms with Crippen LogP contribution in [0, 0.1) is 0 Å². The van der Waals surface area contributed by atoms with Crippen LogP contribution in [0.2, 0.25) is 0 Å². The summed E-state index contributed by atoms with van der Waals surface area (Å²) < 4.78 is 0. The minimum absolute atomic E-state index is 0.108. The fourth-order valence-electron chi connectivity index (χ4n) is 3.31. The molecule has 31 heavy (non-hydrogen) atoms. The molecule has 0 heterocycles. The van der Waals surface area contributed by atoms with Gasteiger partial charge in [-0.05, 0) is 40.7 Å². The van der Waals surface area contributed by atoms with E-state index >= 15 is 0 Å². The normalized spacial score (nSPS) is 11.1. The van der Waals surface area contributed by atoms with Crippen LogP contribution in [0.5, 0.6) is 0 Å². The van der Waals surface area contributed by atoms with Gasteiger partial charge in [0, 0.05) is 13.0 Å². The number of rotatable bonds is 7. The van der Waals surface area contributed by atoms with Crippen LogP contribution >= 0.6 is 0 Å². The van der Waals surface area contributed by atoms with Gasteiger partial charge in [-0.2, -0.15) is 0 Å². The number of para-hydroxylation sites is 1. The number of amides is 2. The standard InChI is InChI=1S/C27H30N2O2/c1-27(2,3)22-16-13-20(14-17-22)15-18-25(30)29-24-12-8-7-11-23(24)26(31)28-19-21-9-5-4-6-10-21/h4-14,16-17H,15,18-19H2,1-3H3,(H,28,31)(H,29,30). The molecule has 2 amide bonds. The summed E-state index contributed by atoms with van der Waals surface area (Å²) >= 11 is 0. The van der Waals surface area contributed by atoms with Gasteiger partial charge in [0.15, 0.2) is 0 Å². The molecule has 3 aromatic rings. The first kappa shape index (κ1) is 22.3. The summed E-state index contributed by atoms with van der Waals surface area (Å²) in [5, 5.41) is 5.81. The maximum absolute atomic E-state index is 12.7. The summed E-state index contributed by atoms with van der Waals surface area (Å²) in [5.41, 5.74) is 4.52. The van der Waals surface area contributed by atoms with E-state index in [9.17, 15) is 9.59 Å². The van der Waals surface area contributed by atoms with Crippen LogP contribution in [0.3, 0.4) is 0 Å². The number of hydrogen-bond donors (Lipinski definition) is 2. The van der Waals surface area contributed by atoms with Gasteiger partial charge < -0.3 is 10.6 Å². The topological polar surface area (TPSA) is 58.2 Å². The second kappa shape index (κ2) is 10.1. The van der Waals surface area contributed by atoms with Crippen molar-refractivity contribution >= 4 is 17.5 Å². The molecular weight excluding hydrogens is 384 g/mol. The Labute approximate surface area is 184 Å². The Hall–Kier alpha value is -3.40. The van der Waals surface area contributed by atoms with Crippen molar-refractivity contribution in [2.24, 2.45) is 0 Å². The Balaban J connectivity index is 1.57. The van der Waals surface area contributed by atoms with Gasteiger partial charge in [0.1, 0.15) is 0 Å². The highest BCUT2D eigenvalue weighted by atomic mass is 16.2. The molecule has 0 bridgehead atoms. The lowest BCUT2D eigenvalue weighted by Gasteiger charge is -2.19. The van der Waals surface area contributed by atoms with Crippen molar-refractivity contribution in [3.05, 3.63) is 101 Å². The lowest BCUT2D eigenvalue weighted by molar-refractivity contribution is -0.116. The molecule has 160 valence electrons. The van der Waals surface area contributed by atoms with Gasteiger partial charge in [0.05, 0.1) is 11.3 Å². The molecule has 0 aliphatic rings. The van der Waals surface area contributed by atoms with E-state index in [1.807, 2.05) is 36.4 Å². The Morgan fingerprint density at radius 2 is 1.42 bits per heavy atom. The van der Waals surface area contributed by atoms with Crippen LogP contribution in [-0.2, 0) is 23.2 Å². The molecule has 0 saturated heterocycles. The zero-order valence-electron chi connectivity index (χ0n) is 18.4. The lowest BCUT2D eigenvalue weighted by atomic mass is 9.86. The number of aryl methyl sites for hydroxylation is 1. The van der Waals surface area contributed by atoms with Crippen molar-refractivity contribution in [1.29, 1.82) is 0 Å². The predicted octanol–water partition coefficient (Wildman–Crippen LogP) is 5.49. The summed E-state index contributed by atoms with van der Waals surface area (Å²) in [5.74, 6) is -0.319. The minimum atomic E-state index is -0.211. The van der Waals surface area contributed by atoms with E-state index < -0.39 is 0 Å². The highest BCUT2D eigenvalue weighted by Crippen LogP contribution is 2.22. The van der Waals surface area contributed by atoms with Gasteiger partial charge in [0.2, 0.25) is 5.91 Å². The van der Waals surface area contributed by atoms with Crippen molar-refractivity contribution in [3.63, 3.8) is 0 Å². The van der Waals surface area contributed by atoms with Gasteiger partial charge >= 0.3 is 0 Å². The molecule has 0 radical (unpaired) electrons. The molecule has 0 aromatic heterocycles. The van der Waals surface area contributed by atoms with Gasteiger partial charge in [-0.15, -0.1) is 0 Å². The number of carbonyl (C=O) groups excluding carboxylic acids is 2. The summed E-state index contributed by atoms with van der Waals surface area (Å²) in [6.07, 6.45) is 1.01. The highest BCUT2D eigenvalue weighted by Gasteiger charge is 2.14. The molecule has 0 spiro atoms. The molecule has 4 nitrogen and oxygen atoms in total. The molecule has 2 N–H and O–H groups in total. The molecular formula is C27H30N2O2. The van der Waals surface area contributed by atoms with E-state index in [-0.39, 0.29) is 17.2 Å². The predicted molar refractivity (Wildman–Crippen MR) is 126 cm³/mol. The van der Waals surface area contributed by atoms with Crippen LogP contribution in [-0.4, -0.2) is 11.8 Å². The van der Waals surface area contributed by atoms with Crippen LogP contribution in [0.25, 0.3) is 0 Å². The zero-order valence-corrected chi connectivity index (χ0v) is 18.4. The van der Waals surface area contributed by atoms with Crippen LogP contribution < -0.4 is 10.6 Å². The number of benzene rings is 3. The summed E-state index contributed by atoms with van der Waals surface area (Å²) in [7, 11) is 0. The van der Waals surface area contributed by atoms with E-state index in [0.717, 1.165) is 11.1 Å². The highest BCUT2D eigenvalue weighted by molar-refractivity contribution is 6.03. The van der Waals surface area contributed by atoms with Crippen molar-refractivity contribution in [2.45, 2.75) is 45.6 Å². The third-order valence-electron chi connectivity index (χ3n) is 5.20. The minimum Gasteiger partial charge on any atom is -0.348 e. The van der Waals surface area contributed by atoms with E-state index in [1.54, 1.807) is 18.2 Å². The van der Waals surface area contributed by atoms with E-state index in [0.29, 0.717) is 30.6 Å². The molecule has 0 saturated carbocycles. The number of carbonyl (C=O) groups is 2. The van der Waals surface area contributed by atoms with Gasteiger partial charge in [0.25, 0.3) is 5.91 Å². The second-order valence-electron chi connectivity index (χ2n) is 8.71. The first-order valence-electron chi connectivity index (χ1n) is 10.6. The third kappa shape index (κ3) is 6.54. The largest absolute Gasteiger partial charge is 0.348 e. The number of nitrogens with one attached hydrogen (secondary N) is 2. The SMILES string of the molecule is CC(C)(C)c1ccc(CCC(=O)Nc2ccccc2C(=O)NCc2ccccc2)cc1. The molecule has 3 rings (SSSR count). The number of anilines is 1. The third-order valence-corrected chi connectivity index (χ3v) is 5.20. The molecule has 0 aliphatic carbocycles. The summed E-state index contributed by atoms with van der Waals surface area (Å²) in [6, 6.07) is 25.2. The average molecular weight is 415 g/mol. The number of hydrogen-bond acceptors (Lipinski definition) is 2. The molecule has 0 unspecified atom stereocenters. The molecule has 0 aliphatic heterocycles.